The monoisotopic (exact) mass is 524 g/mol. The maximum absolute atomic E-state index is 13.4. The fraction of sp³-hybridized carbons (Fsp3) is 0.440. The number of piperidine rings is 1. The maximum Gasteiger partial charge on any atom is 0.418 e. The van der Waals surface area contributed by atoms with Gasteiger partial charge in [0.15, 0.2) is 0 Å². The number of likely N-dealkylation sites (tertiary alicyclic amines) is 1. The van der Waals surface area contributed by atoms with Crippen molar-refractivity contribution in [2.24, 2.45) is 0 Å². The van der Waals surface area contributed by atoms with Gasteiger partial charge in [-0.2, -0.15) is 13.2 Å². The first-order valence-corrected chi connectivity index (χ1v) is 12.1. The van der Waals surface area contributed by atoms with Crippen molar-refractivity contribution < 1.29 is 27.5 Å². The first-order valence-electron chi connectivity index (χ1n) is 11.7. The quantitative estimate of drug-likeness (QED) is 0.441. The van der Waals surface area contributed by atoms with E-state index in [0.717, 1.165) is 23.7 Å². The molecule has 0 bridgehead atoms. The highest BCUT2D eigenvalue weighted by Gasteiger charge is 2.37. The molecule has 2 amide bonds. The molecule has 4 rings (SSSR count). The number of carbonyl (C=O) groups excluding carboxylic acids is 2. The standard InChI is InChI=1S/C25H28ClF3N4O3/c1-36-23(34)21(14-15-12-18(25(27,28)29)22(30)19(26)13-15)32-9-7-17(8-10-32)33-11-6-16-4-2-3-5-20(16)31-24(33)35/h2-5,12-13,17,21H,6-11,14,30H2,1H3,(H,31,35)/t21-/m1/s1. The van der Waals surface area contributed by atoms with Crippen LogP contribution in [0.25, 0.3) is 0 Å². The van der Waals surface area contributed by atoms with Gasteiger partial charge in [-0.15, -0.1) is 0 Å². The van der Waals surface area contributed by atoms with E-state index in [1.165, 1.54) is 13.2 Å². The largest absolute Gasteiger partial charge is 0.468 e. The molecule has 3 N–H and O–H groups in total. The number of esters is 1. The molecule has 36 heavy (non-hydrogen) atoms. The first kappa shape index (κ1) is 26.1. The molecular formula is C25H28ClF3N4O3. The molecular weight excluding hydrogens is 497 g/mol. The third-order valence-corrected chi connectivity index (χ3v) is 7.23. The Bertz CT molecular complexity index is 1140. The fourth-order valence-electron chi connectivity index (χ4n) is 4.99. The lowest BCUT2D eigenvalue weighted by Crippen LogP contribution is -2.53. The topological polar surface area (TPSA) is 87.9 Å². The minimum atomic E-state index is -4.67. The fourth-order valence-corrected chi connectivity index (χ4v) is 5.24. The summed E-state index contributed by atoms with van der Waals surface area (Å²) in [5.74, 6) is -0.544. The van der Waals surface area contributed by atoms with Crippen LogP contribution in [-0.2, 0) is 28.5 Å². The van der Waals surface area contributed by atoms with Gasteiger partial charge in [0.25, 0.3) is 0 Å². The molecule has 194 valence electrons. The number of hydrogen-bond acceptors (Lipinski definition) is 5. The summed E-state index contributed by atoms with van der Waals surface area (Å²) < 4.78 is 45.2. The number of fused-ring (bicyclic) bond motifs is 1. The van der Waals surface area contributed by atoms with E-state index in [2.05, 4.69) is 5.32 Å². The van der Waals surface area contributed by atoms with Crippen LogP contribution in [0.3, 0.4) is 0 Å². The van der Waals surface area contributed by atoms with Gasteiger partial charge in [-0.3, -0.25) is 9.69 Å². The van der Waals surface area contributed by atoms with E-state index in [0.29, 0.717) is 32.5 Å². The summed E-state index contributed by atoms with van der Waals surface area (Å²) in [4.78, 5) is 29.2. The summed E-state index contributed by atoms with van der Waals surface area (Å²) >= 11 is 5.98. The second-order valence-electron chi connectivity index (χ2n) is 9.08. The zero-order valence-electron chi connectivity index (χ0n) is 19.8. The van der Waals surface area contributed by atoms with E-state index in [9.17, 15) is 22.8 Å². The number of hydrogen-bond donors (Lipinski definition) is 2. The van der Waals surface area contributed by atoms with Crippen LogP contribution in [0.1, 0.15) is 29.5 Å². The average Bonchev–Trinajstić information content (AvgIpc) is 3.01. The average molecular weight is 525 g/mol. The predicted octanol–water partition coefficient (Wildman–Crippen LogP) is 4.58. The third kappa shape index (κ3) is 5.54. The number of anilines is 2. The van der Waals surface area contributed by atoms with E-state index in [4.69, 9.17) is 22.1 Å². The number of methoxy groups -OCH3 is 1. The number of amides is 2. The van der Waals surface area contributed by atoms with E-state index in [1.807, 2.05) is 34.1 Å². The molecule has 0 aliphatic carbocycles. The highest BCUT2D eigenvalue weighted by Crippen LogP contribution is 2.38. The van der Waals surface area contributed by atoms with Crippen LogP contribution < -0.4 is 11.1 Å². The Balaban J connectivity index is 1.46. The number of halogens is 4. The third-order valence-electron chi connectivity index (χ3n) is 6.92. The lowest BCUT2D eigenvalue weighted by molar-refractivity contribution is -0.147. The van der Waals surface area contributed by atoms with E-state index < -0.39 is 29.4 Å². The molecule has 2 aliphatic rings. The van der Waals surface area contributed by atoms with E-state index >= 15 is 0 Å². The van der Waals surface area contributed by atoms with Crippen molar-refractivity contribution in [1.82, 2.24) is 9.80 Å². The number of rotatable bonds is 5. The lowest BCUT2D eigenvalue weighted by atomic mass is 9.97. The number of nitrogens with two attached hydrogens (primary N) is 1. The van der Waals surface area contributed by atoms with Crippen molar-refractivity contribution in [2.45, 2.75) is 43.9 Å². The Labute approximate surface area is 212 Å². The predicted molar refractivity (Wildman–Crippen MR) is 131 cm³/mol. The molecule has 2 aromatic carbocycles. The van der Waals surface area contributed by atoms with Crippen LogP contribution in [0.5, 0.6) is 0 Å². The molecule has 1 fully saturated rings. The van der Waals surface area contributed by atoms with Crippen molar-refractivity contribution in [1.29, 1.82) is 0 Å². The summed E-state index contributed by atoms with van der Waals surface area (Å²) in [6.45, 7) is 1.55. The van der Waals surface area contributed by atoms with Gasteiger partial charge in [0.2, 0.25) is 0 Å². The second-order valence-corrected chi connectivity index (χ2v) is 9.48. The summed E-state index contributed by atoms with van der Waals surface area (Å²) in [6.07, 6.45) is -2.71. The molecule has 2 heterocycles. The zero-order chi connectivity index (χ0) is 26.0. The molecule has 1 saturated heterocycles. The van der Waals surface area contributed by atoms with Crippen LogP contribution in [-0.4, -0.2) is 60.6 Å². The number of alkyl halides is 3. The number of carbonyl (C=O) groups is 2. The highest BCUT2D eigenvalue weighted by molar-refractivity contribution is 6.33. The lowest BCUT2D eigenvalue weighted by Gasteiger charge is -2.40. The number of nitrogens with one attached hydrogen (secondary N) is 1. The number of nitrogen functional groups attached to an aromatic ring is 1. The molecule has 7 nitrogen and oxygen atoms in total. The molecule has 11 heteroatoms. The van der Waals surface area contributed by atoms with Crippen molar-refractivity contribution in [3.63, 3.8) is 0 Å². The van der Waals surface area contributed by atoms with E-state index in [-0.39, 0.29) is 29.1 Å². The first-order chi connectivity index (χ1) is 17.1. The van der Waals surface area contributed by atoms with Crippen molar-refractivity contribution in [3.8, 4) is 0 Å². The normalized spacial score (nSPS) is 18.2. The maximum atomic E-state index is 13.4. The van der Waals surface area contributed by atoms with Crippen LogP contribution in [0.15, 0.2) is 36.4 Å². The number of benzene rings is 2. The minimum absolute atomic E-state index is 0.0140. The Kier molecular flexibility index (Phi) is 7.65. The van der Waals surface area contributed by atoms with Crippen molar-refractivity contribution in [2.75, 3.05) is 37.8 Å². The summed E-state index contributed by atoms with van der Waals surface area (Å²) in [5.41, 5.74) is 6.11. The van der Waals surface area contributed by atoms with Gasteiger partial charge in [0.1, 0.15) is 6.04 Å². The second kappa shape index (κ2) is 10.6. The highest BCUT2D eigenvalue weighted by atomic mass is 35.5. The number of ether oxygens (including phenoxy) is 1. The molecule has 0 spiro atoms. The van der Waals surface area contributed by atoms with Gasteiger partial charge in [-0.05, 0) is 55.0 Å². The molecule has 2 aromatic rings. The Morgan fingerprint density at radius 3 is 2.58 bits per heavy atom. The smallest absolute Gasteiger partial charge is 0.418 e. The minimum Gasteiger partial charge on any atom is -0.468 e. The van der Waals surface area contributed by atoms with Crippen LogP contribution in [0.2, 0.25) is 5.02 Å². The number of urea groups is 1. The van der Waals surface area contributed by atoms with Crippen LogP contribution in [0, 0.1) is 0 Å². The zero-order valence-corrected chi connectivity index (χ0v) is 20.5. The molecule has 1 atom stereocenters. The summed E-state index contributed by atoms with van der Waals surface area (Å²) in [5, 5.41) is 2.76. The number of para-hydroxylation sites is 1. The van der Waals surface area contributed by atoms with Crippen molar-refractivity contribution >= 4 is 35.0 Å². The molecule has 0 radical (unpaired) electrons. The summed E-state index contributed by atoms with van der Waals surface area (Å²) in [7, 11) is 1.25. The molecule has 0 aromatic heterocycles. The van der Waals surface area contributed by atoms with Gasteiger partial charge in [-0.1, -0.05) is 29.8 Å². The molecule has 0 unspecified atom stereocenters. The summed E-state index contributed by atoms with van der Waals surface area (Å²) in [6, 6.07) is 9.03. The van der Waals surface area contributed by atoms with Crippen LogP contribution in [0.4, 0.5) is 29.3 Å². The molecule has 0 saturated carbocycles. The van der Waals surface area contributed by atoms with Crippen molar-refractivity contribution in [3.05, 3.63) is 58.1 Å². The van der Waals surface area contributed by atoms with Gasteiger partial charge < -0.3 is 20.7 Å². The van der Waals surface area contributed by atoms with E-state index in [1.54, 1.807) is 0 Å². The van der Waals surface area contributed by atoms with Crippen LogP contribution >= 0.6 is 11.6 Å². The Hall–Kier alpha value is -2.98. The van der Waals surface area contributed by atoms with Gasteiger partial charge in [-0.25, -0.2) is 4.79 Å². The Morgan fingerprint density at radius 2 is 1.92 bits per heavy atom. The van der Waals surface area contributed by atoms with Gasteiger partial charge in [0.05, 0.1) is 23.4 Å². The Morgan fingerprint density at radius 1 is 1.22 bits per heavy atom. The van der Waals surface area contributed by atoms with Gasteiger partial charge >= 0.3 is 18.2 Å². The number of nitrogens with zero attached hydrogens (tertiary/aromatic N) is 2. The molecule has 2 aliphatic heterocycles. The SMILES string of the molecule is COC(=O)[C@@H](Cc1cc(Cl)c(N)c(C(F)(F)F)c1)N1CCC(N2CCc3ccccc3NC2=O)CC1. The van der Waals surface area contributed by atoms with Gasteiger partial charge in [0, 0.05) is 31.4 Å².